The van der Waals surface area contributed by atoms with Gasteiger partial charge in [0.25, 0.3) is 0 Å². The first-order valence-electron chi connectivity index (χ1n) is 29.1. The van der Waals surface area contributed by atoms with Gasteiger partial charge in [-0.25, -0.2) is 0 Å². The Morgan fingerprint density at radius 3 is 0.929 bits per heavy atom. The third kappa shape index (κ3) is 56.9. The molecule has 5 heteroatoms. The molecule has 0 aromatic rings. The molecule has 398 valence electrons. The highest BCUT2D eigenvalue weighted by Crippen LogP contribution is 2.15. The Kier molecular flexibility index (Phi) is 56.5. The van der Waals surface area contributed by atoms with Gasteiger partial charge in [0.05, 0.1) is 6.61 Å². The molecule has 1 atom stereocenters. The molecule has 1 N–H and O–H groups in total. The number of allylic oxidation sites excluding steroid dienone is 20. The minimum absolute atomic E-state index is 0.0761. The lowest BCUT2D eigenvalue weighted by atomic mass is 10.0. The first-order valence-corrected chi connectivity index (χ1v) is 29.1. The average molecular weight is 970 g/mol. The second-order valence-corrected chi connectivity index (χ2v) is 19.0. The van der Waals surface area contributed by atoms with Crippen molar-refractivity contribution < 1.29 is 24.2 Å². The Balaban J connectivity index is 3.57. The van der Waals surface area contributed by atoms with E-state index in [1.54, 1.807) is 0 Å². The van der Waals surface area contributed by atoms with Crippen LogP contribution in [0.25, 0.3) is 0 Å². The fourth-order valence-corrected chi connectivity index (χ4v) is 7.90. The van der Waals surface area contributed by atoms with Crippen molar-refractivity contribution in [3.63, 3.8) is 0 Å². The molecule has 0 saturated heterocycles. The van der Waals surface area contributed by atoms with Crippen molar-refractivity contribution in [1.82, 2.24) is 0 Å². The van der Waals surface area contributed by atoms with Gasteiger partial charge in [0.1, 0.15) is 6.61 Å². The number of carbonyl (C=O) groups is 2. The highest BCUT2D eigenvalue weighted by Gasteiger charge is 2.16. The summed E-state index contributed by atoms with van der Waals surface area (Å²) in [6, 6.07) is 0. The molecule has 1 unspecified atom stereocenters. The van der Waals surface area contributed by atoms with Gasteiger partial charge in [-0.2, -0.15) is 0 Å². The van der Waals surface area contributed by atoms with Crippen molar-refractivity contribution in [2.45, 2.75) is 264 Å². The van der Waals surface area contributed by atoms with Crippen LogP contribution in [0.15, 0.2) is 122 Å². The lowest BCUT2D eigenvalue weighted by Gasteiger charge is -2.15. The Hall–Kier alpha value is -3.70. The first kappa shape index (κ1) is 66.3. The molecule has 0 rings (SSSR count). The Morgan fingerprint density at radius 2 is 0.614 bits per heavy atom. The van der Waals surface area contributed by atoms with Crippen LogP contribution in [0.3, 0.4) is 0 Å². The number of aliphatic hydroxyl groups is 1. The van der Waals surface area contributed by atoms with Crippen LogP contribution >= 0.6 is 0 Å². The Labute approximate surface area is 433 Å². The zero-order chi connectivity index (χ0) is 50.6. The monoisotopic (exact) mass is 969 g/mol. The van der Waals surface area contributed by atoms with Gasteiger partial charge >= 0.3 is 11.9 Å². The molecule has 0 aliphatic carbocycles. The smallest absolute Gasteiger partial charge is 0.306 e. The number of ether oxygens (including phenoxy) is 2. The van der Waals surface area contributed by atoms with Crippen molar-refractivity contribution in [3.8, 4) is 0 Å². The van der Waals surface area contributed by atoms with Crippen molar-refractivity contribution in [1.29, 1.82) is 0 Å². The van der Waals surface area contributed by atoms with Crippen LogP contribution in [0.5, 0.6) is 0 Å². The van der Waals surface area contributed by atoms with Gasteiger partial charge in [0.2, 0.25) is 0 Å². The lowest BCUT2D eigenvalue weighted by molar-refractivity contribution is -0.161. The van der Waals surface area contributed by atoms with E-state index in [4.69, 9.17) is 9.47 Å². The summed E-state index contributed by atoms with van der Waals surface area (Å²) < 4.78 is 10.7. The molecule has 0 amide bonds. The van der Waals surface area contributed by atoms with Gasteiger partial charge in [-0.1, -0.05) is 257 Å². The van der Waals surface area contributed by atoms with E-state index in [1.165, 1.54) is 128 Å². The van der Waals surface area contributed by atoms with E-state index in [-0.39, 0.29) is 25.2 Å². The van der Waals surface area contributed by atoms with Crippen molar-refractivity contribution in [3.05, 3.63) is 122 Å². The maximum atomic E-state index is 12.3. The normalized spacial score (nSPS) is 13.1. The molecule has 0 aliphatic rings. The van der Waals surface area contributed by atoms with Gasteiger partial charge in [0.15, 0.2) is 6.10 Å². The van der Waals surface area contributed by atoms with Crippen LogP contribution in [0.4, 0.5) is 0 Å². The predicted molar refractivity (Wildman–Crippen MR) is 306 cm³/mol. The molecular formula is C65H108O5. The molecule has 70 heavy (non-hydrogen) atoms. The minimum Gasteiger partial charge on any atom is -0.462 e. The van der Waals surface area contributed by atoms with E-state index in [0.29, 0.717) is 12.8 Å². The Bertz CT molecular complexity index is 1420. The van der Waals surface area contributed by atoms with E-state index in [0.717, 1.165) is 103 Å². The van der Waals surface area contributed by atoms with Crippen molar-refractivity contribution >= 4 is 11.9 Å². The fraction of sp³-hybridized carbons (Fsp3) is 0.662. The summed E-state index contributed by atoms with van der Waals surface area (Å²) in [5, 5.41) is 9.66. The van der Waals surface area contributed by atoms with Crippen LogP contribution in [0.2, 0.25) is 0 Å². The molecule has 0 fully saturated rings. The molecule has 0 spiro atoms. The standard InChI is InChI=1S/C65H108O5/c1-3-5-7-9-11-13-15-17-19-21-23-25-27-28-29-30-31-32-33-34-35-36-38-40-42-44-46-48-50-52-54-56-58-60-65(68)70-63(61-66)62-69-64(67)59-57-55-53-51-49-47-45-43-41-39-37-26-24-22-20-18-16-14-12-10-8-6-4-2/h5,7,11,13,16-19,22-25,28-29,31-32,34-35,38,40,63,66H,3-4,6,8-10,12,14-15,20-21,26-27,30,33,36-37,39,41-62H2,1-2H3/b7-5-,13-11-,18-16-,19-17-,24-22-,25-23-,29-28-,32-31-,35-34-,40-38-. The molecule has 0 aromatic carbocycles. The van der Waals surface area contributed by atoms with E-state index in [9.17, 15) is 14.7 Å². The number of carbonyl (C=O) groups excluding carboxylic acids is 2. The van der Waals surface area contributed by atoms with Crippen LogP contribution in [-0.4, -0.2) is 36.4 Å². The second-order valence-electron chi connectivity index (χ2n) is 19.0. The number of hydrogen-bond acceptors (Lipinski definition) is 5. The Morgan fingerprint density at radius 1 is 0.343 bits per heavy atom. The topological polar surface area (TPSA) is 72.8 Å². The van der Waals surface area contributed by atoms with Crippen molar-refractivity contribution in [2.24, 2.45) is 0 Å². The fourth-order valence-electron chi connectivity index (χ4n) is 7.90. The van der Waals surface area contributed by atoms with E-state index >= 15 is 0 Å². The highest BCUT2D eigenvalue weighted by molar-refractivity contribution is 5.70. The number of rotatable bonds is 52. The summed E-state index contributed by atoms with van der Waals surface area (Å²) in [4.78, 5) is 24.5. The molecule has 0 saturated carbocycles. The van der Waals surface area contributed by atoms with Crippen LogP contribution in [-0.2, 0) is 19.1 Å². The van der Waals surface area contributed by atoms with E-state index in [2.05, 4.69) is 135 Å². The third-order valence-corrected chi connectivity index (χ3v) is 12.2. The number of aliphatic hydroxyl groups excluding tert-OH is 1. The summed E-state index contributed by atoms with van der Waals surface area (Å²) in [6.45, 7) is 4.02. The molecule has 0 bridgehead atoms. The van der Waals surface area contributed by atoms with Gasteiger partial charge in [-0.05, 0) is 109 Å². The van der Waals surface area contributed by atoms with Crippen LogP contribution in [0, 0.1) is 0 Å². The lowest BCUT2D eigenvalue weighted by Crippen LogP contribution is -2.28. The number of hydrogen-bond donors (Lipinski definition) is 1. The minimum atomic E-state index is -0.786. The number of esters is 2. The summed E-state index contributed by atoms with van der Waals surface area (Å²) >= 11 is 0. The largest absolute Gasteiger partial charge is 0.462 e. The maximum Gasteiger partial charge on any atom is 0.306 e. The van der Waals surface area contributed by atoms with E-state index < -0.39 is 6.10 Å². The SMILES string of the molecule is CC/C=C\C/C=C\C/C=C\C/C=C\C/C=C\C/C=C\C/C=C\C/C=C\CCCCCCCCCCC(=O)OC(CO)COC(=O)CCCCCCCCCCCCC/C=C\C/C=C\CCCCCCC. The molecule has 0 radical (unpaired) electrons. The first-order chi connectivity index (χ1) is 34.6. The summed E-state index contributed by atoms with van der Waals surface area (Å²) in [5.41, 5.74) is 0. The highest BCUT2D eigenvalue weighted by atomic mass is 16.6. The van der Waals surface area contributed by atoms with E-state index in [1.807, 2.05) is 0 Å². The van der Waals surface area contributed by atoms with Gasteiger partial charge in [-0.3, -0.25) is 9.59 Å². The molecule has 5 nitrogen and oxygen atoms in total. The van der Waals surface area contributed by atoms with Gasteiger partial charge in [-0.15, -0.1) is 0 Å². The predicted octanol–water partition coefficient (Wildman–Crippen LogP) is 19.9. The number of unbranched alkanes of at least 4 members (excludes halogenated alkanes) is 24. The molecule has 0 aliphatic heterocycles. The van der Waals surface area contributed by atoms with Gasteiger partial charge in [0, 0.05) is 12.8 Å². The molecule has 0 aromatic heterocycles. The quantitative estimate of drug-likeness (QED) is 0.0374. The average Bonchev–Trinajstić information content (AvgIpc) is 3.36. The van der Waals surface area contributed by atoms with Crippen LogP contribution < -0.4 is 0 Å². The summed E-state index contributed by atoms with van der Waals surface area (Å²) in [5.74, 6) is -0.605. The van der Waals surface area contributed by atoms with Crippen LogP contribution in [0.1, 0.15) is 258 Å². The maximum absolute atomic E-state index is 12.3. The van der Waals surface area contributed by atoms with Gasteiger partial charge < -0.3 is 14.6 Å². The zero-order valence-corrected chi connectivity index (χ0v) is 45.5. The molecular weight excluding hydrogens is 861 g/mol. The summed E-state index contributed by atoms with van der Waals surface area (Å²) in [6.07, 6.45) is 87.3. The summed E-state index contributed by atoms with van der Waals surface area (Å²) in [7, 11) is 0. The second kappa shape index (κ2) is 59.6. The third-order valence-electron chi connectivity index (χ3n) is 12.2. The van der Waals surface area contributed by atoms with Crippen molar-refractivity contribution in [2.75, 3.05) is 13.2 Å². The zero-order valence-electron chi connectivity index (χ0n) is 45.5. The molecule has 0 heterocycles.